The number of hydrogen-bond donors (Lipinski definition) is 0. The van der Waals surface area contributed by atoms with Crippen molar-refractivity contribution in [3.8, 4) is 0 Å². The number of aryl methyl sites for hydroxylation is 1. The fraction of sp³-hybridized carbons (Fsp3) is 0.455. The van der Waals surface area contributed by atoms with Crippen molar-refractivity contribution in [1.82, 2.24) is 19.6 Å². The maximum atomic E-state index is 11.5. The van der Waals surface area contributed by atoms with Gasteiger partial charge in [0.2, 0.25) is 0 Å². The minimum atomic E-state index is -0.188. The van der Waals surface area contributed by atoms with Crippen LogP contribution >= 0.6 is 0 Å². The van der Waals surface area contributed by atoms with E-state index >= 15 is 0 Å². The Morgan fingerprint density at radius 3 is 2.88 bits per heavy atom. The molecule has 84 valence electrons. The predicted octanol–water partition coefficient (Wildman–Crippen LogP) is 1.52. The summed E-state index contributed by atoms with van der Waals surface area (Å²) in [5, 5.41) is 8.06. The second-order valence-corrected chi connectivity index (χ2v) is 3.82. The van der Waals surface area contributed by atoms with Gasteiger partial charge in [-0.15, -0.1) is 10.2 Å². The van der Waals surface area contributed by atoms with Gasteiger partial charge >= 0.3 is 0 Å². The van der Waals surface area contributed by atoms with E-state index in [9.17, 15) is 4.79 Å². The van der Waals surface area contributed by atoms with Gasteiger partial charge in [-0.2, -0.15) is 0 Å². The Hall–Kier alpha value is -1.78. The standard InChI is InChI=1S/C11H14N4O/c1-4-9(7(2)16)10-11-14-13-8(3)15(11)6-5-12-10/h5-6,9H,4H2,1-3H3. The number of hydrogen-bond acceptors (Lipinski definition) is 4. The van der Waals surface area contributed by atoms with Crippen molar-refractivity contribution < 1.29 is 4.79 Å². The Morgan fingerprint density at radius 2 is 2.25 bits per heavy atom. The highest BCUT2D eigenvalue weighted by Gasteiger charge is 2.20. The lowest BCUT2D eigenvalue weighted by Gasteiger charge is -2.10. The summed E-state index contributed by atoms with van der Waals surface area (Å²) in [4.78, 5) is 15.8. The zero-order valence-corrected chi connectivity index (χ0v) is 9.64. The zero-order valence-electron chi connectivity index (χ0n) is 9.64. The van der Waals surface area contributed by atoms with Crippen LogP contribution in [0, 0.1) is 6.92 Å². The molecule has 0 radical (unpaired) electrons. The molecule has 0 amide bonds. The molecular formula is C11H14N4O. The molecule has 16 heavy (non-hydrogen) atoms. The fourth-order valence-electron chi connectivity index (χ4n) is 1.88. The van der Waals surface area contributed by atoms with Crippen molar-refractivity contribution in [2.45, 2.75) is 33.1 Å². The predicted molar refractivity (Wildman–Crippen MR) is 59.2 cm³/mol. The van der Waals surface area contributed by atoms with Crippen molar-refractivity contribution in [3.63, 3.8) is 0 Å². The number of carbonyl (C=O) groups is 1. The topological polar surface area (TPSA) is 60.2 Å². The lowest BCUT2D eigenvalue weighted by Crippen LogP contribution is -2.11. The normalized spacial score (nSPS) is 12.9. The number of rotatable bonds is 3. The minimum Gasteiger partial charge on any atom is -0.299 e. The van der Waals surface area contributed by atoms with Gasteiger partial charge < -0.3 is 0 Å². The first-order chi connectivity index (χ1) is 7.65. The molecule has 2 rings (SSSR count). The first-order valence-electron chi connectivity index (χ1n) is 5.31. The smallest absolute Gasteiger partial charge is 0.183 e. The van der Waals surface area contributed by atoms with Gasteiger partial charge in [-0.25, -0.2) is 0 Å². The molecule has 0 fully saturated rings. The quantitative estimate of drug-likeness (QED) is 0.783. The molecule has 0 aliphatic rings. The van der Waals surface area contributed by atoms with Crippen LogP contribution in [0.4, 0.5) is 0 Å². The van der Waals surface area contributed by atoms with Crippen LogP contribution in [0.3, 0.4) is 0 Å². The summed E-state index contributed by atoms with van der Waals surface area (Å²) in [5.41, 5.74) is 1.40. The lowest BCUT2D eigenvalue weighted by atomic mass is 9.98. The van der Waals surface area contributed by atoms with E-state index in [-0.39, 0.29) is 11.7 Å². The first-order valence-corrected chi connectivity index (χ1v) is 5.31. The van der Waals surface area contributed by atoms with E-state index in [1.54, 1.807) is 19.3 Å². The van der Waals surface area contributed by atoms with E-state index in [0.717, 1.165) is 17.9 Å². The average Bonchev–Trinajstić information content (AvgIpc) is 2.62. The van der Waals surface area contributed by atoms with Crippen molar-refractivity contribution in [3.05, 3.63) is 23.9 Å². The zero-order chi connectivity index (χ0) is 11.7. The number of carbonyl (C=O) groups excluding carboxylic acids is 1. The molecule has 0 aliphatic heterocycles. The third-order valence-electron chi connectivity index (χ3n) is 2.75. The number of aromatic nitrogens is 4. The van der Waals surface area contributed by atoms with E-state index in [2.05, 4.69) is 15.2 Å². The van der Waals surface area contributed by atoms with Crippen LogP contribution in [-0.2, 0) is 4.79 Å². The summed E-state index contributed by atoms with van der Waals surface area (Å²) < 4.78 is 1.86. The summed E-state index contributed by atoms with van der Waals surface area (Å²) in [7, 11) is 0. The highest BCUT2D eigenvalue weighted by Crippen LogP contribution is 2.21. The van der Waals surface area contributed by atoms with Gasteiger partial charge in [0.25, 0.3) is 0 Å². The molecule has 0 bridgehead atoms. The molecule has 2 aromatic heterocycles. The molecule has 0 aromatic carbocycles. The van der Waals surface area contributed by atoms with Gasteiger partial charge in [-0.3, -0.25) is 14.2 Å². The molecule has 2 heterocycles. The van der Waals surface area contributed by atoms with Gasteiger partial charge in [0, 0.05) is 12.4 Å². The van der Waals surface area contributed by atoms with Crippen LogP contribution in [0.2, 0.25) is 0 Å². The Bertz CT molecular complexity index is 532. The van der Waals surface area contributed by atoms with E-state index in [1.165, 1.54) is 0 Å². The molecule has 0 saturated carbocycles. The molecule has 5 nitrogen and oxygen atoms in total. The summed E-state index contributed by atoms with van der Waals surface area (Å²) in [6, 6.07) is 0. The Kier molecular flexibility index (Phi) is 2.68. The highest BCUT2D eigenvalue weighted by molar-refractivity contribution is 5.84. The first kappa shape index (κ1) is 10.7. The van der Waals surface area contributed by atoms with Crippen molar-refractivity contribution in [1.29, 1.82) is 0 Å². The third kappa shape index (κ3) is 1.58. The van der Waals surface area contributed by atoms with Crippen molar-refractivity contribution in [2.75, 3.05) is 0 Å². The van der Waals surface area contributed by atoms with Gasteiger partial charge in [-0.05, 0) is 20.3 Å². The molecule has 2 aromatic rings. The molecule has 0 N–H and O–H groups in total. The third-order valence-corrected chi connectivity index (χ3v) is 2.75. The molecule has 5 heteroatoms. The van der Waals surface area contributed by atoms with E-state index < -0.39 is 0 Å². The largest absolute Gasteiger partial charge is 0.299 e. The second kappa shape index (κ2) is 4.00. The van der Waals surface area contributed by atoms with E-state index in [4.69, 9.17) is 0 Å². The van der Waals surface area contributed by atoms with Crippen LogP contribution in [0.1, 0.15) is 37.7 Å². The summed E-state index contributed by atoms with van der Waals surface area (Å²) in [6.07, 6.45) is 4.22. The highest BCUT2D eigenvalue weighted by atomic mass is 16.1. The van der Waals surface area contributed by atoms with Crippen LogP contribution in [0.25, 0.3) is 5.65 Å². The van der Waals surface area contributed by atoms with Crippen LogP contribution in [0.15, 0.2) is 12.4 Å². The van der Waals surface area contributed by atoms with Gasteiger partial charge in [0.15, 0.2) is 5.65 Å². The van der Waals surface area contributed by atoms with Gasteiger partial charge in [0.05, 0.1) is 11.6 Å². The van der Waals surface area contributed by atoms with Crippen molar-refractivity contribution >= 4 is 11.4 Å². The molecule has 1 unspecified atom stereocenters. The SMILES string of the molecule is CCC(C(C)=O)c1nccn2c(C)nnc12. The minimum absolute atomic E-state index is 0.115. The number of fused-ring (bicyclic) bond motifs is 1. The summed E-state index contributed by atoms with van der Waals surface area (Å²) >= 11 is 0. The molecule has 0 aliphatic carbocycles. The van der Waals surface area contributed by atoms with Crippen LogP contribution in [0.5, 0.6) is 0 Å². The van der Waals surface area contributed by atoms with Gasteiger partial charge in [-0.1, -0.05) is 6.92 Å². The van der Waals surface area contributed by atoms with Crippen LogP contribution < -0.4 is 0 Å². The Balaban J connectivity index is 2.63. The number of ketones is 1. The van der Waals surface area contributed by atoms with E-state index in [0.29, 0.717) is 5.65 Å². The summed E-state index contributed by atoms with van der Waals surface area (Å²) in [6.45, 7) is 5.43. The number of nitrogens with zero attached hydrogens (tertiary/aromatic N) is 4. The maximum absolute atomic E-state index is 11.5. The lowest BCUT2D eigenvalue weighted by molar-refractivity contribution is -0.118. The Labute approximate surface area is 93.5 Å². The van der Waals surface area contributed by atoms with Crippen LogP contribution in [-0.4, -0.2) is 25.4 Å². The van der Waals surface area contributed by atoms with Crippen molar-refractivity contribution in [2.24, 2.45) is 0 Å². The van der Waals surface area contributed by atoms with Gasteiger partial charge in [0.1, 0.15) is 11.6 Å². The van der Waals surface area contributed by atoms with E-state index in [1.807, 2.05) is 18.2 Å². The average molecular weight is 218 g/mol. The molecule has 0 saturated heterocycles. The second-order valence-electron chi connectivity index (χ2n) is 3.82. The monoisotopic (exact) mass is 218 g/mol. The maximum Gasteiger partial charge on any atom is 0.183 e. The molecule has 1 atom stereocenters. The summed E-state index contributed by atoms with van der Waals surface area (Å²) in [5.74, 6) is 0.730. The molecular weight excluding hydrogens is 204 g/mol. The fourth-order valence-corrected chi connectivity index (χ4v) is 1.88. The molecule has 0 spiro atoms. The number of Topliss-reactive ketones (excluding diaryl/α,β-unsaturated/α-hetero) is 1. The Morgan fingerprint density at radius 1 is 1.50 bits per heavy atom.